The molecule has 0 heterocycles. The molecule has 14 aromatic carbocycles. The second kappa shape index (κ2) is 21.0. The lowest BCUT2D eigenvalue weighted by atomic mass is 10.0. The second-order valence-corrected chi connectivity index (χ2v) is 20.3. The van der Waals surface area contributed by atoms with Crippen molar-refractivity contribution in [3.8, 4) is 33.4 Å². The van der Waals surface area contributed by atoms with E-state index < -0.39 is 0 Å². The molecule has 0 saturated carbocycles. The van der Waals surface area contributed by atoms with E-state index in [9.17, 15) is 0 Å². The average Bonchev–Trinajstić information content (AvgIpc) is 3.55. The number of hydrogen-bond acceptors (Lipinski definition) is 4. The molecule has 0 aliphatic heterocycles. The highest BCUT2D eigenvalue weighted by atomic mass is 15.2. The molecule has 0 bridgehead atoms. The van der Waals surface area contributed by atoms with Crippen molar-refractivity contribution >= 4 is 100.0 Å². The Balaban J connectivity index is 0.628. The minimum Gasteiger partial charge on any atom is -0.356 e. The smallest absolute Gasteiger partial charge is 0.0540 e. The summed E-state index contributed by atoms with van der Waals surface area (Å²) >= 11 is 0. The van der Waals surface area contributed by atoms with Gasteiger partial charge in [0.2, 0.25) is 0 Å². The van der Waals surface area contributed by atoms with Gasteiger partial charge in [0.15, 0.2) is 0 Å². The summed E-state index contributed by atoms with van der Waals surface area (Å²) < 4.78 is 0. The third kappa shape index (κ3) is 9.42. The van der Waals surface area contributed by atoms with Crippen LogP contribution in [0, 0.1) is 0 Å². The lowest BCUT2D eigenvalue weighted by Gasteiger charge is -2.28. The molecule has 14 aromatic rings. The molecule has 0 aromatic heterocycles. The molecular weight excluding hydrogens is 969 g/mol. The van der Waals surface area contributed by atoms with Crippen LogP contribution in [0.25, 0.3) is 76.5 Å². The number of anilines is 10. The van der Waals surface area contributed by atoms with Gasteiger partial charge >= 0.3 is 0 Å². The van der Waals surface area contributed by atoms with E-state index in [1.165, 1.54) is 43.1 Å². The van der Waals surface area contributed by atoms with Gasteiger partial charge in [0.25, 0.3) is 0 Å². The Kier molecular flexibility index (Phi) is 12.6. The largest absolute Gasteiger partial charge is 0.356 e. The topological polar surface area (TPSA) is 30.5 Å². The summed E-state index contributed by atoms with van der Waals surface area (Å²) in [4.78, 5) is 4.80. The summed E-state index contributed by atoms with van der Waals surface area (Å²) in [6.07, 6.45) is 0. The van der Waals surface area contributed by atoms with Crippen LogP contribution in [0.1, 0.15) is 0 Å². The quantitative estimate of drug-likeness (QED) is 0.120. The van der Waals surface area contributed by atoms with Gasteiger partial charge in [0.05, 0.1) is 22.7 Å². The second-order valence-electron chi connectivity index (χ2n) is 20.3. The van der Waals surface area contributed by atoms with E-state index in [0.29, 0.717) is 0 Å². The number of nitrogens with zero attached hydrogens (tertiary/aromatic N) is 2. The highest BCUT2D eigenvalue weighted by Crippen LogP contribution is 2.45. The first-order chi connectivity index (χ1) is 39.6. The summed E-state index contributed by atoms with van der Waals surface area (Å²) in [6, 6.07) is 113. The van der Waals surface area contributed by atoms with Crippen LogP contribution in [-0.4, -0.2) is 0 Å². The standard InChI is InChI=1S/C76H54N4/c1-5-21-69-59(13-1)17-9-25-73(69)79(74-26-10-18-60-14-2-6-22-70(60)74)67-49-37-57(38-50-67)55-33-45-65(46-34-55)77-63-41-29-53(30-42-63)54-31-43-64(44-32-54)78-66-47-35-56(36-48-66)58-39-51-68(52-40-58)80(75-27-11-19-61-15-3-7-23-71(61)75)76-28-12-20-62-16-4-8-24-72(62)76/h1-52,77-78H. The maximum atomic E-state index is 3.61. The van der Waals surface area contributed by atoms with E-state index in [-0.39, 0.29) is 0 Å². The van der Waals surface area contributed by atoms with E-state index in [0.717, 1.165) is 90.3 Å². The molecule has 378 valence electrons. The molecule has 14 rings (SSSR count). The van der Waals surface area contributed by atoms with Crippen molar-refractivity contribution in [1.82, 2.24) is 0 Å². The van der Waals surface area contributed by atoms with Gasteiger partial charge in [-0.3, -0.25) is 0 Å². The molecule has 0 saturated heterocycles. The Hall–Kier alpha value is -10.7. The zero-order valence-corrected chi connectivity index (χ0v) is 43.9. The van der Waals surface area contributed by atoms with Crippen LogP contribution in [0.2, 0.25) is 0 Å². The van der Waals surface area contributed by atoms with Crippen molar-refractivity contribution in [1.29, 1.82) is 0 Å². The summed E-state index contributed by atoms with van der Waals surface area (Å²) in [7, 11) is 0. The van der Waals surface area contributed by atoms with E-state index in [2.05, 4.69) is 336 Å². The van der Waals surface area contributed by atoms with Crippen molar-refractivity contribution in [3.05, 3.63) is 315 Å². The highest BCUT2D eigenvalue weighted by molar-refractivity contribution is 6.06. The van der Waals surface area contributed by atoms with Crippen molar-refractivity contribution in [3.63, 3.8) is 0 Å². The Morgan fingerprint density at radius 1 is 0.175 bits per heavy atom. The third-order valence-electron chi connectivity index (χ3n) is 15.4. The SMILES string of the molecule is c1ccc2c(N(c3ccc(-c4ccc(Nc5ccc(-c6ccc(Nc7ccc(-c8ccc(N(c9cccc%10ccccc9%10)c9cccc%10ccccc9%10)cc8)cc7)cc6)cc5)cc4)cc3)c3cccc4ccccc34)cccc2c1. The maximum absolute atomic E-state index is 3.61. The van der Waals surface area contributed by atoms with Crippen LogP contribution in [0.3, 0.4) is 0 Å². The molecule has 0 amide bonds. The minimum absolute atomic E-state index is 1.04. The fraction of sp³-hybridized carbons (Fsp3) is 0. The van der Waals surface area contributed by atoms with Gasteiger partial charge in [-0.05, 0) is 152 Å². The van der Waals surface area contributed by atoms with Crippen molar-refractivity contribution in [2.45, 2.75) is 0 Å². The van der Waals surface area contributed by atoms with Gasteiger partial charge in [-0.2, -0.15) is 0 Å². The van der Waals surface area contributed by atoms with Crippen molar-refractivity contribution in [2.24, 2.45) is 0 Å². The number of hydrogen-bond donors (Lipinski definition) is 2. The third-order valence-corrected chi connectivity index (χ3v) is 15.4. The first-order valence-corrected chi connectivity index (χ1v) is 27.3. The van der Waals surface area contributed by atoms with Crippen LogP contribution in [0.15, 0.2) is 315 Å². The molecule has 0 unspecified atom stereocenters. The lowest BCUT2D eigenvalue weighted by molar-refractivity contribution is 1.31. The average molecular weight is 1020 g/mol. The van der Waals surface area contributed by atoms with E-state index in [1.54, 1.807) is 0 Å². The van der Waals surface area contributed by atoms with Crippen molar-refractivity contribution < 1.29 is 0 Å². The highest BCUT2D eigenvalue weighted by Gasteiger charge is 2.20. The van der Waals surface area contributed by atoms with Gasteiger partial charge < -0.3 is 20.4 Å². The Labute approximate surface area is 466 Å². The first-order valence-electron chi connectivity index (χ1n) is 27.3. The molecular formula is C76H54N4. The van der Waals surface area contributed by atoms with Gasteiger partial charge in [0.1, 0.15) is 0 Å². The normalized spacial score (nSPS) is 11.2. The van der Waals surface area contributed by atoms with Crippen LogP contribution in [-0.2, 0) is 0 Å². The van der Waals surface area contributed by atoms with Crippen LogP contribution < -0.4 is 20.4 Å². The zero-order chi connectivity index (χ0) is 53.2. The molecule has 0 aliphatic carbocycles. The molecule has 0 spiro atoms. The van der Waals surface area contributed by atoms with Crippen LogP contribution in [0.4, 0.5) is 56.9 Å². The molecule has 4 nitrogen and oxygen atoms in total. The molecule has 0 radical (unpaired) electrons. The van der Waals surface area contributed by atoms with E-state index in [4.69, 9.17) is 0 Å². The number of fused-ring (bicyclic) bond motifs is 4. The number of rotatable bonds is 13. The molecule has 0 fully saturated rings. The lowest BCUT2D eigenvalue weighted by Crippen LogP contribution is -2.11. The Morgan fingerprint density at radius 2 is 0.375 bits per heavy atom. The monoisotopic (exact) mass is 1020 g/mol. The fourth-order valence-electron chi connectivity index (χ4n) is 11.4. The molecule has 0 atom stereocenters. The summed E-state index contributed by atoms with van der Waals surface area (Å²) in [5.41, 5.74) is 17.9. The van der Waals surface area contributed by atoms with Gasteiger partial charge in [0, 0.05) is 55.7 Å². The van der Waals surface area contributed by atoms with Crippen LogP contribution >= 0.6 is 0 Å². The van der Waals surface area contributed by atoms with E-state index >= 15 is 0 Å². The Morgan fingerprint density at radius 3 is 0.613 bits per heavy atom. The predicted octanol–water partition coefficient (Wildman–Crippen LogP) is 21.7. The van der Waals surface area contributed by atoms with Gasteiger partial charge in [-0.15, -0.1) is 0 Å². The van der Waals surface area contributed by atoms with Crippen LogP contribution in [0.5, 0.6) is 0 Å². The summed E-state index contributed by atoms with van der Waals surface area (Å²) in [6.45, 7) is 0. The Bertz CT molecular complexity index is 4020. The maximum Gasteiger partial charge on any atom is 0.0540 e. The first kappa shape index (κ1) is 47.7. The zero-order valence-electron chi connectivity index (χ0n) is 43.9. The molecule has 2 N–H and O–H groups in total. The molecule has 0 aliphatic rings. The number of nitrogens with one attached hydrogen (secondary N) is 2. The predicted molar refractivity (Wildman–Crippen MR) is 342 cm³/mol. The summed E-state index contributed by atoms with van der Waals surface area (Å²) in [5.74, 6) is 0. The van der Waals surface area contributed by atoms with E-state index in [1.807, 2.05) is 0 Å². The molecule has 80 heavy (non-hydrogen) atoms. The number of benzene rings is 14. The summed E-state index contributed by atoms with van der Waals surface area (Å²) in [5, 5.41) is 16.9. The fourth-order valence-corrected chi connectivity index (χ4v) is 11.4. The van der Waals surface area contributed by atoms with Crippen molar-refractivity contribution in [2.75, 3.05) is 20.4 Å². The van der Waals surface area contributed by atoms with Gasteiger partial charge in [-0.1, -0.05) is 218 Å². The van der Waals surface area contributed by atoms with Gasteiger partial charge in [-0.25, -0.2) is 0 Å². The minimum atomic E-state index is 1.04. The molecule has 4 heteroatoms.